The van der Waals surface area contributed by atoms with Gasteiger partial charge in [0.25, 0.3) is 0 Å². The molecule has 7 heteroatoms. The van der Waals surface area contributed by atoms with Crippen LogP contribution in [0.25, 0.3) is 6.08 Å². The van der Waals surface area contributed by atoms with E-state index in [1.807, 2.05) is 0 Å². The molecule has 1 saturated heterocycles. The molecule has 0 saturated carbocycles. The second kappa shape index (κ2) is 8.85. The third kappa shape index (κ3) is 5.08. The zero-order valence-corrected chi connectivity index (χ0v) is 14.6. The lowest BCUT2D eigenvalue weighted by atomic mass is 10.2. The van der Waals surface area contributed by atoms with Crippen LogP contribution in [0.15, 0.2) is 24.3 Å². The standard InChI is InChI=1S/C17H18Cl2N2O3/c18-14-5-3-13(11-15(14)19)4-6-16(23)21-9-8-20(17(24)12-21)7-1-2-10-22/h3-6,10-11H,1-2,7-9,12H2. The van der Waals surface area contributed by atoms with Crippen molar-refractivity contribution in [1.82, 2.24) is 9.80 Å². The molecule has 0 spiro atoms. The van der Waals surface area contributed by atoms with E-state index < -0.39 is 0 Å². The number of unbranched alkanes of at least 4 members (excludes halogenated alkanes) is 1. The van der Waals surface area contributed by atoms with Gasteiger partial charge in [0.05, 0.1) is 10.0 Å². The van der Waals surface area contributed by atoms with Crippen molar-refractivity contribution in [2.45, 2.75) is 12.8 Å². The lowest BCUT2D eigenvalue weighted by molar-refractivity contribution is -0.143. The van der Waals surface area contributed by atoms with Crippen LogP contribution in [0, 0.1) is 0 Å². The number of rotatable bonds is 6. The molecular formula is C17H18Cl2N2O3. The first kappa shape index (κ1) is 18.5. The van der Waals surface area contributed by atoms with E-state index in [9.17, 15) is 14.4 Å². The van der Waals surface area contributed by atoms with Crippen LogP contribution >= 0.6 is 23.2 Å². The Kier molecular flexibility index (Phi) is 6.82. The largest absolute Gasteiger partial charge is 0.339 e. The van der Waals surface area contributed by atoms with Gasteiger partial charge < -0.3 is 14.6 Å². The quantitative estimate of drug-likeness (QED) is 0.440. The first-order valence-electron chi connectivity index (χ1n) is 7.64. The Morgan fingerprint density at radius 3 is 2.67 bits per heavy atom. The molecule has 24 heavy (non-hydrogen) atoms. The van der Waals surface area contributed by atoms with Gasteiger partial charge in [-0.25, -0.2) is 0 Å². The third-order valence-electron chi connectivity index (χ3n) is 3.74. The summed E-state index contributed by atoms with van der Waals surface area (Å²) in [4.78, 5) is 37.8. The van der Waals surface area contributed by atoms with E-state index in [0.717, 1.165) is 11.8 Å². The fourth-order valence-electron chi connectivity index (χ4n) is 2.39. The summed E-state index contributed by atoms with van der Waals surface area (Å²) in [5, 5.41) is 0.877. The van der Waals surface area contributed by atoms with Crippen LogP contribution in [-0.2, 0) is 14.4 Å². The van der Waals surface area contributed by atoms with Crippen molar-refractivity contribution in [3.8, 4) is 0 Å². The molecular weight excluding hydrogens is 351 g/mol. The molecule has 0 aliphatic carbocycles. The highest BCUT2D eigenvalue weighted by Gasteiger charge is 2.25. The Morgan fingerprint density at radius 1 is 1.21 bits per heavy atom. The van der Waals surface area contributed by atoms with Crippen molar-refractivity contribution in [3.05, 3.63) is 39.9 Å². The molecule has 1 aromatic carbocycles. The van der Waals surface area contributed by atoms with Gasteiger partial charge in [0.15, 0.2) is 0 Å². The minimum Gasteiger partial charge on any atom is -0.339 e. The fourth-order valence-corrected chi connectivity index (χ4v) is 2.69. The molecule has 1 aromatic rings. The highest BCUT2D eigenvalue weighted by molar-refractivity contribution is 6.42. The van der Waals surface area contributed by atoms with Crippen molar-refractivity contribution < 1.29 is 14.4 Å². The number of nitrogens with zero attached hydrogens (tertiary/aromatic N) is 2. The number of aldehydes is 1. The molecule has 0 radical (unpaired) electrons. The van der Waals surface area contributed by atoms with Crippen LogP contribution < -0.4 is 0 Å². The fraction of sp³-hybridized carbons (Fsp3) is 0.353. The van der Waals surface area contributed by atoms with Crippen LogP contribution in [0.2, 0.25) is 10.0 Å². The van der Waals surface area contributed by atoms with Gasteiger partial charge in [-0.15, -0.1) is 0 Å². The van der Waals surface area contributed by atoms with E-state index in [0.29, 0.717) is 42.5 Å². The van der Waals surface area contributed by atoms with Gasteiger partial charge in [-0.2, -0.15) is 0 Å². The van der Waals surface area contributed by atoms with Crippen molar-refractivity contribution in [3.63, 3.8) is 0 Å². The van der Waals surface area contributed by atoms with Gasteiger partial charge in [0, 0.05) is 32.1 Å². The summed E-state index contributed by atoms with van der Waals surface area (Å²) in [5.74, 6) is -0.314. The number of carbonyl (C=O) groups is 3. The van der Waals surface area contributed by atoms with Crippen molar-refractivity contribution in [2.24, 2.45) is 0 Å². The number of benzene rings is 1. The number of hydrogen-bond acceptors (Lipinski definition) is 3. The van der Waals surface area contributed by atoms with Crippen LogP contribution in [-0.4, -0.2) is 54.1 Å². The second-order valence-corrected chi connectivity index (χ2v) is 6.27. The predicted octanol–water partition coefficient (Wildman–Crippen LogP) is 2.66. The molecule has 1 aliphatic heterocycles. The zero-order chi connectivity index (χ0) is 17.5. The van der Waals surface area contributed by atoms with E-state index in [2.05, 4.69) is 0 Å². The average molecular weight is 369 g/mol. The normalized spacial score (nSPS) is 15.2. The predicted molar refractivity (Wildman–Crippen MR) is 94.0 cm³/mol. The van der Waals surface area contributed by atoms with Crippen LogP contribution in [0.3, 0.4) is 0 Å². The van der Waals surface area contributed by atoms with Crippen molar-refractivity contribution in [1.29, 1.82) is 0 Å². The summed E-state index contributed by atoms with van der Waals surface area (Å²) in [7, 11) is 0. The molecule has 128 valence electrons. The Bertz CT molecular complexity index is 661. The summed E-state index contributed by atoms with van der Waals surface area (Å²) >= 11 is 11.8. The van der Waals surface area contributed by atoms with E-state index in [1.165, 1.54) is 11.0 Å². The Hall–Kier alpha value is -1.85. The Labute approximate surface area is 150 Å². The lowest BCUT2D eigenvalue weighted by Crippen LogP contribution is -2.52. The minimum absolute atomic E-state index is 0.0611. The summed E-state index contributed by atoms with van der Waals surface area (Å²) in [6.07, 6.45) is 5.01. The van der Waals surface area contributed by atoms with Gasteiger partial charge in [-0.3, -0.25) is 9.59 Å². The smallest absolute Gasteiger partial charge is 0.247 e. The van der Waals surface area contributed by atoms with Gasteiger partial charge in [0.1, 0.15) is 12.8 Å². The molecule has 0 bridgehead atoms. The molecule has 2 rings (SSSR count). The number of hydrogen-bond donors (Lipinski definition) is 0. The topological polar surface area (TPSA) is 57.7 Å². The van der Waals surface area contributed by atoms with E-state index in [4.69, 9.17) is 23.2 Å². The Balaban J connectivity index is 1.89. The van der Waals surface area contributed by atoms with Gasteiger partial charge in [0.2, 0.25) is 11.8 Å². The zero-order valence-electron chi connectivity index (χ0n) is 13.1. The van der Waals surface area contributed by atoms with E-state index in [-0.39, 0.29) is 18.4 Å². The van der Waals surface area contributed by atoms with Crippen molar-refractivity contribution in [2.75, 3.05) is 26.2 Å². The number of carbonyl (C=O) groups excluding carboxylic acids is 3. The molecule has 1 fully saturated rings. The summed E-state index contributed by atoms with van der Waals surface area (Å²) in [6, 6.07) is 5.09. The maximum Gasteiger partial charge on any atom is 0.247 e. The number of amides is 2. The van der Waals surface area contributed by atoms with Gasteiger partial charge in [-0.1, -0.05) is 29.3 Å². The van der Waals surface area contributed by atoms with Gasteiger partial charge >= 0.3 is 0 Å². The Morgan fingerprint density at radius 2 is 2.00 bits per heavy atom. The molecule has 1 heterocycles. The lowest BCUT2D eigenvalue weighted by Gasteiger charge is -2.33. The summed E-state index contributed by atoms with van der Waals surface area (Å²) in [5.41, 5.74) is 0.761. The monoisotopic (exact) mass is 368 g/mol. The highest BCUT2D eigenvalue weighted by atomic mass is 35.5. The number of piperazine rings is 1. The van der Waals surface area contributed by atoms with Gasteiger partial charge in [-0.05, 0) is 30.2 Å². The average Bonchev–Trinajstić information content (AvgIpc) is 2.57. The summed E-state index contributed by atoms with van der Waals surface area (Å²) < 4.78 is 0. The van der Waals surface area contributed by atoms with E-state index >= 15 is 0 Å². The first-order chi connectivity index (χ1) is 11.5. The van der Waals surface area contributed by atoms with Crippen molar-refractivity contribution >= 4 is 47.4 Å². The highest BCUT2D eigenvalue weighted by Crippen LogP contribution is 2.23. The second-order valence-electron chi connectivity index (χ2n) is 5.46. The molecule has 0 aromatic heterocycles. The maximum atomic E-state index is 12.2. The molecule has 0 atom stereocenters. The molecule has 2 amide bonds. The molecule has 0 N–H and O–H groups in total. The number of halogens is 2. The SMILES string of the molecule is O=CCCCN1CCN(C(=O)C=Cc2ccc(Cl)c(Cl)c2)CC1=O. The van der Waals surface area contributed by atoms with Crippen LogP contribution in [0.5, 0.6) is 0 Å². The maximum absolute atomic E-state index is 12.2. The first-order valence-corrected chi connectivity index (χ1v) is 8.40. The third-order valence-corrected chi connectivity index (χ3v) is 4.48. The summed E-state index contributed by atoms with van der Waals surface area (Å²) in [6.45, 7) is 1.59. The van der Waals surface area contributed by atoms with Crippen LogP contribution in [0.4, 0.5) is 0 Å². The molecule has 1 aliphatic rings. The van der Waals surface area contributed by atoms with Crippen LogP contribution in [0.1, 0.15) is 18.4 Å². The minimum atomic E-state index is -0.220. The molecule has 0 unspecified atom stereocenters. The van der Waals surface area contributed by atoms with E-state index in [1.54, 1.807) is 29.2 Å². The molecule has 5 nitrogen and oxygen atoms in total.